The minimum Gasteiger partial charge on any atom is -0.422 e. The van der Waals surface area contributed by atoms with Gasteiger partial charge >= 0.3 is 5.97 Å². The molecule has 26 heavy (non-hydrogen) atoms. The third-order valence-corrected chi connectivity index (χ3v) is 4.74. The molecule has 0 bridgehead atoms. The van der Waals surface area contributed by atoms with Crippen molar-refractivity contribution in [3.05, 3.63) is 58.0 Å². The van der Waals surface area contributed by atoms with Crippen LogP contribution in [0.2, 0.25) is 0 Å². The van der Waals surface area contributed by atoms with Gasteiger partial charge in [0.2, 0.25) is 0 Å². The van der Waals surface area contributed by atoms with Crippen molar-refractivity contribution in [2.24, 2.45) is 0 Å². The van der Waals surface area contributed by atoms with Gasteiger partial charge in [0, 0.05) is 28.9 Å². The summed E-state index contributed by atoms with van der Waals surface area (Å²) in [5, 5.41) is 4.42. The van der Waals surface area contributed by atoms with E-state index < -0.39 is 5.97 Å². The molecular formula is C20H19N3O3. The SMILES string of the molecule is Cc1cc(C)n2nc(C)c(C(=O)Oc3cccc4c3CCCC4=O)c2n1. The summed E-state index contributed by atoms with van der Waals surface area (Å²) in [4.78, 5) is 29.5. The Balaban J connectivity index is 1.77. The van der Waals surface area contributed by atoms with E-state index in [2.05, 4.69) is 10.1 Å². The Morgan fingerprint density at radius 1 is 1.19 bits per heavy atom. The van der Waals surface area contributed by atoms with Crippen molar-refractivity contribution >= 4 is 17.4 Å². The zero-order chi connectivity index (χ0) is 18.4. The number of carbonyl (C=O) groups is 2. The average Bonchev–Trinajstić information content (AvgIpc) is 2.92. The Morgan fingerprint density at radius 3 is 2.81 bits per heavy atom. The molecule has 0 amide bonds. The molecule has 1 aliphatic carbocycles. The first kappa shape index (κ1) is 16.4. The first-order valence-electron chi connectivity index (χ1n) is 8.66. The molecule has 3 aromatic rings. The number of ketones is 1. The summed E-state index contributed by atoms with van der Waals surface area (Å²) >= 11 is 0. The first-order valence-corrected chi connectivity index (χ1v) is 8.66. The third-order valence-electron chi connectivity index (χ3n) is 4.74. The number of rotatable bonds is 2. The lowest BCUT2D eigenvalue weighted by Gasteiger charge is -2.17. The molecule has 0 unspecified atom stereocenters. The maximum Gasteiger partial charge on any atom is 0.349 e. The van der Waals surface area contributed by atoms with Crippen molar-refractivity contribution in [2.45, 2.75) is 40.0 Å². The van der Waals surface area contributed by atoms with Gasteiger partial charge in [-0.05, 0) is 45.7 Å². The molecule has 0 atom stereocenters. The molecule has 0 fully saturated rings. The predicted octanol–water partition coefficient (Wildman–Crippen LogP) is 3.39. The molecule has 0 saturated heterocycles. The van der Waals surface area contributed by atoms with Gasteiger partial charge in [0.1, 0.15) is 11.3 Å². The van der Waals surface area contributed by atoms with Gasteiger partial charge in [-0.1, -0.05) is 12.1 Å². The Kier molecular flexibility index (Phi) is 3.83. The number of Topliss-reactive ketones (excluding diaryl/α,β-unsaturated/α-hetero) is 1. The smallest absolute Gasteiger partial charge is 0.349 e. The summed E-state index contributed by atoms with van der Waals surface area (Å²) in [6.45, 7) is 5.57. The van der Waals surface area contributed by atoms with Crippen LogP contribution in [0.4, 0.5) is 0 Å². The van der Waals surface area contributed by atoms with Gasteiger partial charge in [0.25, 0.3) is 0 Å². The fourth-order valence-corrected chi connectivity index (χ4v) is 3.56. The number of aromatic nitrogens is 3. The molecular weight excluding hydrogens is 330 g/mol. The first-order chi connectivity index (χ1) is 12.5. The number of carbonyl (C=O) groups excluding carboxylic acids is 2. The van der Waals surface area contributed by atoms with E-state index in [1.807, 2.05) is 19.9 Å². The van der Waals surface area contributed by atoms with Crippen LogP contribution in [0.15, 0.2) is 24.3 Å². The summed E-state index contributed by atoms with van der Waals surface area (Å²) in [6, 6.07) is 7.19. The third kappa shape index (κ3) is 2.58. The van der Waals surface area contributed by atoms with Crippen molar-refractivity contribution in [3.63, 3.8) is 0 Å². The monoisotopic (exact) mass is 349 g/mol. The van der Waals surface area contributed by atoms with Crippen LogP contribution in [-0.4, -0.2) is 26.4 Å². The van der Waals surface area contributed by atoms with E-state index in [0.29, 0.717) is 34.6 Å². The fourth-order valence-electron chi connectivity index (χ4n) is 3.56. The topological polar surface area (TPSA) is 73.6 Å². The minimum absolute atomic E-state index is 0.101. The van der Waals surface area contributed by atoms with E-state index in [1.54, 1.807) is 29.6 Å². The van der Waals surface area contributed by atoms with E-state index in [0.717, 1.165) is 29.8 Å². The van der Waals surface area contributed by atoms with Crippen molar-refractivity contribution in [3.8, 4) is 5.75 Å². The highest BCUT2D eigenvalue weighted by molar-refractivity contribution is 6.01. The van der Waals surface area contributed by atoms with E-state index >= 15 is 0 Å². The molecule has 0 aliphatic heterocycles. The number of aryl methyl sites for hydroxylation is 3. The van der Waals surface area contributed by atoms with Crippen LogP contribution in [0.5, 0.6) is 5.75 Å². The summed E-state index contributed by atoms with van der Waals surface area (Å²) < 4.78 is 7.35. The number of benzene rings is 1. The van der Waals surface area contributed by atoms with Gasteiger partial charge < -0.3 is 4.74 Å². The highest BCUT2D eigenvalue weighted by Gasteiger charge is 2.25. The molecule has 6 heteroatoms. The van der Waals surface area contributed by atoms with Crippen LogP contribution in [-0.2, 0) is 6.42 Å². The lowest BCUT2D eigenvalue weighted by molar-refractivity contribution is 0.0732. The number of hydrogen-bond acceptors (Lipinski definition) is 5. The van der Waals surface area contributed by atoms with Crippen molar-refractivity contribution in [2.75, 3.05) is 0 Å². The summed E-state index contributed by atoms with van der Waals surface area (Å²) in [5.41, 5.74) is 4.60. The van der Waals surface area contributed by atoms with Gasteiger partial charge in [-0.25, -0.2) is 14.3 Å². The van der Waals surface area contributed by atoms with Crippen molar-refractivity contribution in [1.82, 2.24) is 14.6 Å². The van der Waals surface area contributed by atoms with Crippen molar-refractivity contribution < 1.29 is 14.3 Å². The molecule has 2 aromatic heterocycles. The number of hydrogen-bond donors (Lipinski definition) is 0. The summed E-state index contributed by atoms with van der Waals surface area (Å²) in [5.74, 6) is 0.0503. The highest BCUT2D eigenvalue weighted by Crippen LogP contribution is 2.30. The highest BCUT2D eigenvalue weighted by atomic mass is 16.5. The van der Waals surface area contributed by atoms with E-state index in [1.165, 1.54) is 0 Å². The maximum atomic E-state index is 12.9. The number of fused-ring (bicyclic) bond motifs is 2. The van der Waals surface area contributed by atoms with Crippen LogP contribution in [0.3, 0.4) is 0 Å². The van der Waals surface area contributed by atoms with Crippen molar-refractivity contribution in [1.29, 1.82) is 0 Å². The zero-order valence-corrected chi connectivity index (χ0v) is 15.0. The Bertz CT molecular complexity index is 1070. The van der Waals surface area contributed by atoms with Crippen LogP contribution in [0.1, 0.15) is 56.2 Å². The van der Waals surface area contributed by atoms with Gasteiger partial charge in [0.15, 0.2) is 11.4 Å². The largest absolute Gasteiger partial charge is 0.422 e. The standard InChI is InChI=1S/C20H19N3O3/c1-11-10-12(2)23-19(21-11)18(13(3)22-23)20(25)26-17-9-5-6-14-15(17)7-4-8-16(14)24/h5-6,9-10H,4,7-8H2,1-3H3. The fraction of sp³-hybridized carbons (Fsp3) is 0.300. The molecule has 1 aliphatic rings. The normalized spacial score (nSPS) is 13.7. The minimum atomic E-state index is -0.499. The van der Waals surface area contributed by atoms with Gasteiger partial charge in [-0.15, -0.1) is 0 Å². The lowest BCUT2D eigenvalue weighted by atomic mass is 9.90. The molecule has 0 spiro atoms. The predicted molar refractivity (Wildman–Crippen MR) is 95.9 cm³/mol. The molecule has 2 heterocycles. The molecule has 132 valence electrons. The molecule has 4 rings (SSSR count). The Morgan fingerprint density at radius 2 is 2.00 bits per heavy atom. The Hall–Kier alpha value is -3.02. The van der Waals surface area contributed by atoms with Crippen LogP contribution >= 0.6 is 0 Å². The second-order valence-electron chi connectivity index (χ2n) is 6.68. The molecule has 0 N–H and O–H groups in total. The number of esters is 1. The molecule has 0 radical (unpaired) electrons. The maximum absolute atomic E-state index is 12.9. The quantitative estimate of drug-likeness (QED) is 0.524. The number of nitrogens with zero attached hydrogens (tertiary/aromatic N) is 3. The molecule has 0 saturated carbocycles. The average molecular weight is 349 g/mol. The second kappa shape index (κ2) is 6.05. The van der Waals surface area contributed by atoms with E-state index in [4.69, 9.17) is 4.74 Å². The zero-order valence-electron chi connectivity index (χ0n) is 15.0. The van der Waals surface area contributed by atoms with Gasteiger partial charge in [-0.3, -0.25) is 4.79 Å². The Labute approximate surface area is 150 Å². The second-order valence-corrected chi connectivity index (χ2v) is 6.68. The van der Waals surface area contributed by atoms with Gasteiger partial charge in [0.05, 0.1) is 5.69 Å². The number of ether oxygens (including phenoxy) is 1. The summed E-state index contributed by atoms with van der Waals surface area (Å²) in [7, 11) is 0. The molecule has 1 aromatic carbocycles. The molecule has 6 nitrogen and oxygen atoms in total. The van der Waals surface area contributed by atoms with Crippen LogP contribution in [0.25, 0.3) is 5.65 Å². The summed E-state index contributed by atoms with van der Waals surface area (Å²) in [6.07, 6.45) is 2.05. The van der Waals surface area contributed by atoms with Crippen LogP contribution in [0, 0.1) is 20.8 Å². The lowest BCUT2D eigenvalue weighted by Crippen LogP contribution is -2.16. The van der Waals surface area contributed by atoms with E-state index in [-0.39, 0.29) is 5.78 Å². The van der Waals surface area contributed by atoms with E-state index in [9.17, 15) is 9.59 Å². The van der Waals surface area contributed by atoms with Gasteiger partial charge in [-0.2, -0.15) is 5.10 Å². The van der Waals surface area contributed by atoms with Crippen LogP contribution < -0.4 is 4.74 Å².